The monoisotopic (exact) mass is 390 g/mol. The molecule has 0 bridgehead atoms. The minimum absolute atomic E-state index is 0.218. The first kappa shape index (κ1) is 17.2. The highest BCUT2D eigenvalue weighted by atomic mass is 79.9. The first-order chi connectivity index (χ1) is 9.10. The number of benzene rings is 1. The first-order valence-electron chi connectivity index (χ1n) is 7.02. The Morgan fingerprint density at radius 1 is 1.16 bits per heavy atom. The van der Waals surface area contributed by atoms with Gasteiger partial charge in [0, 0.05) is 15.0 Å². The maximum absolute atomic E-state index is 5.76. The van der Waals surface area contributed by atoms with Crippen molar-refractivity contribution in [2.45, 2.75) is 52.0 Å². The molecule has 0 aliphatic carbocycles. The quantitative estimate of drug-likeness (QED) is 0.464. The highest BCUT2D eigenvalue weighted by Crippen LogP contribution is 2.30. The highest BCUT2D eigenvalue weighted by Gasteiger charge is 2.16. The van der Waals surface area contributed by atoms with Crippen LogP contribution in [0.4, 0.5) is 0 Å². The molecule has 0 heterocycles. The van der Waals surface area contributed by atoms with Crippen LogP contribution in [0.5, 0.6) is 0 Å². The molecule has 0 aromatic heterocycles. The number of rotatable bonds is 8. The van der Waals surface area contributed by atoms with Crippen molar-refractivity contribution in [1.29, 1.82) is 0 Å². The smallest absolute Gasteiger partial charge is 0.0463 e. The number of hydrogen-bond acceptors (Lipinski definition) is 2. The highest BCUT2D eigenvalue weighted by molar-refractivity contribution is 9.11. The Morgan fingerprint density at radius 3 is 2.26 bits per heavy atom. The van der Waals surface area contributed by atoms with Gasteiger partial charge in [-0.25, -0.2) is 0 Å². The zero-order valence-corrected chi connectivity index (χ0v) is 14.9. The molecule has 0 amide bonds. The van der Waals surface area contributed by atoms with E-state index in [1.165, 1.54) is 31.2 Å². The van der Waals surface area contributed by atoms with Crippen molar-refractivity contribution < 1.29 is 0 Å². The lowest BCUT2D eigenvalue weighted by Crippen LogP contribution is -2.29. The minimum Gasteiger partial charge on any atom is -0.271 e. The molecule has 0 fully saturated rings. The molecule has 0 aliphatic heterocycles. The van der Waals surface area contributed by atoms with Crippen LogP contribution in [0.2, 0.25) is 0 Å². The van der Waals surface area contributed by atoms with Crippen molar-refractivity contribution in [3.63, 3.8) is 0 Å². The molecule has 2 unspecified atom stereocenters. The van der Waals surface area contributed by atoms with Crippen molar-refractivity contribution in [1.82, 2.24) is 5.43 Å². The van der Waals surface area contributed by atoms with E-state index in [0.29, 0.717) is 0 Å². The molecule has 1 aromatic carbocycles. The maximum atomic E-state index is 5.76. The summed E-state index contributed by atoms with van der Waals surface area (Å²) in [5, 5.41) is 0. The molecule has 0 saturated heterocycles. The number of hydrogen-bond donors (Lipinski definition) is 2. The predicted molar refractivity (Wildman–Crippen MR) is 89.8 cm³/mol. The van der Waals surface area contributed by atoms with Gasteiger partial charge in [0.15, 0.2) is 0 Å². The third-order valence-corrected chi connectivity index (χ3v) is 4.52. The molecule has 2 atom stereocenters. The minimum atomic E-state index is 0.218. The van der Waals surface area contributed by atoms with Gasteiger partial charge in [0.1, 0.15) is 0 Å². The van der Waals surface area contributed by atoms with Gasteiger partial charge >= 0.3 is 0 Å². The molecule has 0 aliphatic rings. The third kappa shape index (κ3) is 5.94. The molecular weight excluding hydrogens is 368 g/mol. The Labute approximate surface area is 133 Å². The van der Waals surface area contributed by atoms with Crippen molar-refractivity contribution in [3.8, 4) is 0 Å². The molecule has 0 spiro atoms. The van der Waals surface area contributed by atoms with Crippen LogP contribution in [-0.2, 0) is 0 Å². The van der Waals surface area contributed by atoms with E-state index in [0.717, 1.165) is 21.3 Å². The van der Waals surface area contributed by atoms with Gasteiger partial charge < -0.3 is 0 Å². The lowest BCUT2D eigenvalue weighted by atomic mass is 9.89. The number of halogens is 2. The number of nitrogens with one attached hydrogen (secondary N) is 1. The Hall–Kier alpha value is 0.1000. The van der Waals surface area contributed by atoms with E-state index in [2.05, 4.69) is 63.3 Å². The molecule has 0 radical (unpaired) electrons. The summed E-state index contributed by atoms with van der Waals surface area (Å²) >= 11 is 7.07. The van der Waals surface area contributed by atoms with Gasteiger partial charge in [-0.2, -0.15) is 0 Å². The Kier molecular flexibility index (Phi) is 8.23. The summed E-state index contributed by atoms with van der Waals surface area (Å²) in [5.41, 5.74) is 4.21. The SMILES string of the molecule is CCCCC(CC)CC(NN)c1cc(Br)cc(Br)c1. The maximum Gasteiger partial charge on any atom is 0.0463 e. The second kappa shape index (κ2) is 9.11. The molecule has 108 valence electrons. The van der Waals surface area contributed by atoms with E-state index in [4.69, 9.17) is 5.84 Å². The van der Waals surface area contributed by atoms with Crippen molar-refractivity contribution in [2.75, 3.05) is 0 Å². The van der Waals surface area contributed by atoms with Gasteiger partial charge in [0.2, 0.25) is 0 Å². The van der Waals surface area contributed by atoms with Crippen LogP contribution in [0.3, 0.4) is 0 Å². The first-order valence-corrected chi connectivity index (χ1v) is 8.61. The normalized spacial score (nSPS) is 14.4. The fourth-order valence-electron chi connectivity index (χ4n) is 2.39. The van der Waals surface area contributed by atoms with Crippen molar-refractivity contribution in [3.05, 3.63) is 32.7 Å². The van der Waals surface area contributed by atoms with Gasteiger partial charge in [-0.3, -0.25) is 11.3 Å². The van der Waals surface area contributed by atoms with E-state index in [-0.39, 0.29) is 6.04 Å². The molecule has 0 saturated carbocycles. The van der Waals surface area contributed by atoms with Crippen LogP contribution < -0.4 is 11.3 Å². The standard InChI is InChI=1S/C15H24Br2N2/c1-3-5-6-11(4-2)7-15(19-18)12-8-13(16)10-14(17)9-12/h8-11,15,19H,3-7,18H2,1-2H3. The van der Waals surface area contributed by atoms with Gasteiger partial charge in [-0.15, -0.1) is 0 Å². The zero-order valence-electron chi connectivity index (χ0n) is 11.8. The summed E-state index contributed by atoms with van der Waals surface area (Å²) in [6.45, 7) is 4.52. The molecule has 1 aromatic rings. The molecule has 19 heavy (non-hydrogen) atoms. The number of unbranched alkanes of at least 4 members (excludes halogenated alkanes) is 1. The number of hydrazine groups is 1. The summed E-state index contributed by atoms with van der Waals surface area (Å²) in [4.78, 5) is 0. The zero-order chi connectivity index (χ0) is 14.3. The fourth-order valence-corrected chi connectivity index (χ4v) is 3.72. The van der Waals surface area contributed by atoms with Crippen LogP contribution in [0, 0.1) is 5.92 Å². The average molecular weight is 392 g/mol. The van der Waals surface area contributed by atoms with Crippen molar-refractivity contribution in [2.24, 2.45) is 11.8 Å². The molecular formula is C15H24Br2N2. The van der Waals surface area contributed by atoms with Crippen LogP contribution in [-0.4, -0.2) is 0 Å². The van der Waals surface area contributed by atoms with E-state index >= 15 is 0 Å². The summed E-state index contributed by atoms with van der Waals surface area (Å²) in [6.07, 6.45) is 6.17. The Morgan fingerprint density at radius 2 is 1.79 bits per heavy atom. The Balaban J connectivity index is 2.75. The van der Waals surface area contributed by atoms with Gasteiger partial charge in [0.05, 0.1) is 0 Å². The van der Waals surface area contributed by atoms with E-state index in [1.807, 2.05) is 6.07 Å². The molecule has 4 heteroatoms. The van der Waals surface area contributed by atoms with E-state index < -0.39 is 0 Å². The van der Waals surface area contributed by atoms with Crippen molar-refractivity contribution >= 4 is 31.9 Å². The van der Waals surface area contributed by atoms with Gasteiger partial charge in [0.25, 0.3) is 0 Å². The van der Waals surface area contributed by atoms with Crippen LogP contribution >= 0.6 is 31.9 Å². The lowest BCUT2D eigenvalue weighted by Gasteiger charge is -2.23. The summed E-state index contributed by atoms with van der Waals surface area (Å²) in [6, 6.07) is 6.55. The average Bonchev–Trinajstić information content (AvgIpc) is 2.38. The van der Waals surface area contributed by atoms with Gasteiger partial charge in [-0.1, -0.05) is 71.4 Å². The van der Waals surface area contributed by atoms with E-state index in [9.17, 15) is 0 Å². The van der Waals surface area contributed by atoms with Crippen LogP contribution in [0.25, 0.3) is 0 Å². The fraction of sp³-hybridized carbons (Fsp3) is 0.600. The predicted octanol–water partition coefficient (Wildman–Crippen LogP) is 5.32. The Bertz CT molecular complexity index is 362. The molecule has 2 nitrogen and oxygen atoms in total. The topological polar surface area (TPSA) is 38.0 Å². The second-order valence-electron chi connectivity index (χ2n) is 5.07. The van der Waals surface area contributed by atoms with Crippen LogP contribution in [0.15, 0.2) is 27.1 Å². The third-order valence-electron chi connectivity index (χ3n) is 3.60. The largest absolute Gasteiger partial charge is 0.271 e. The van der Waals surface area contributed by atoms with Crippen LogP contribution in [0.1, 0.15) is 57.6 Å². The molecule has 1 rings (SSSR count). The number of nitrogens with two attached hydrogens (primary N) is 1. The van der Waals surface area contributed by atoms with Gasteiger partial charge in [-0.05, 0) is 36.1 Å². The lowest BCUT2D eigenvalue weighted by molar-refractivity contribution is 0.356. The summed E-state index contributed by atoms with van der Waals surface area (Å²) < 4.78 is 2.16. The molecule has 3 N–H and O–H groups in total. The second-order valence-corrected chi connectivity index (χ2v) is 6.91. The van der Waals surface area contributed by atoms with E-state index in [1.54, 1.807) is 0 Å². The summed E-state index contributed by atoms with van der Waals surface area (Å²) in [5.74, 6) is 6.49. The summed E-state index contributed by atoms with van der Waals surface area (Å²) in [7, 11) is 0.